The van der Waals surface area contributed by atoms with Crippen LogP contribution >= 0.6 is 10.9 Å². The Bertz CT molecular complexity index is 3530. The molecule has 0 saturated heterocycles. The Morgan fingerprint density at radius 2 is 1.16 bits per heavy atom. The van der Waals surface area contributed by atoms with Gasteiger partial charge in [0.05, 0.1) is 16.3 Å². The van der Waals surface area contributed by atoms with Gasteiger partial charge >= 0.3 is 6.01 Å². The van der Waals surface area contributed by atoms with Gasteiger partial charge in [-0.3, -0.25) is 14.7 Å². The SMILES string of the molecule is CC1(C)CCC(C)(C)c2cc(N3c4cc5c(cc4[SH]4c6ccccc6N(c6ccccc6)c6nc(Oc7ccccc7)nc3c64)B3c4ccccc4N(c4ccccc4)c4n[nH]c(c43)O5)ccc21. The van der Waals surface area contributed by atoms with Crippen molar-refractivity contribution in [1.29, 1.82) is 0 Å². The van der Waals surface area contributed by atoms with Crippen molar-refractivity contribution in [2.75, 3.05) is 14.7 Å². The molecule has 4 aliphatic heterocycles. The van der Waals surface area contributed by atoms with E-state index in [1.807, 2.05) is 30.3 Å². The molecule has 330 valence electrons. The average molecular weight is 904 g/mol. The van der Waals surface area contributed by atoms with E-state index in [0.717, 1.165) is 86.0 Å². The van der Waals surface area contributed by atoms with Gasteiger partial charge in [-0.25, -0.2) is 5.10 Å². The van der Waals surface area contributed by atoms with Crippen LogP contribution in [0.15, 0.2) is 185 Å². The van der Waals surface area contributed by atoms with Crippen LogP contribution in [0.2, 0.25) is 0 Å². The molecule has 0 spiro atoms. The number of anilines is 9. The molecule has 0 amide bonds. The van der Waals surface area contributed by atoms with E-state index in [2.05, 4.69) is 187 Å². The third-order valence-corrected chi connectivity index (χ3v) is 17.3. The summed E-state index contributed by atoms with van der Waals surface area (Å²) >= 11 is 0. The topological polar surface area (TPSA) is 82.6 Å². The van der Waals surface area contributed by atoms with Gasteiger partial charge in [-0.15, -0.1) is 0 Å². The number of ether oxygens (including phenoxy) is 2. The predicted molar refractivity (Wildman–Crippen MR) is 275 cm³/mol. The summed E-state index contributed by atoms with van der Waals surface area (Å²) in [6.45, 7) is 9.41. The zero-order chi connectivity index (χ0) is 45.5. The summed E-state index contributed by atoms with van der Waals surface area (Å²) in [5.41, 5.74) is 12.4. The minimum atomic E-state index is -1.25. The fourth-order valence-electron chi connectivity index (χ4n) is 11.4. The number of nitrogens with one attached hydrogen (secondary N) is 1. The first-order valence-corrected chi connectivity index (χ1v) is 24.8. The molecule has 68 heavy (non-hydrogen) atoms. The Morgan fingerprint density at radius 1 is 0.559 bits per heavy atom. The van der Waals surface area contributed by atoms with E-state index in [0.29, 0.717) is 11.6 Å². The van der Waals surface area contributed by atoms with Crippen molar-refractivity contribution in [3.05, 3.63) is 181 Å². The van der Waals surface area contributed by atoms with Crippen LogP contribution in [0.3, 0.4) is 0 Å². The number of hydrogen-bond donors (Lipinski definition) is 2. The molecular weight excluding hydrogens is 858 g/mol. The Hall–Kier alpha value is -7.76. The lowest BCUT2D eigenvalue weighted by Crippen LogP contribution is -2.59. The summed E-state index contributed by atoms with van der Waals surface area (Å²) < 4.78 is 13.8. The van der Waals surface area contributed by atoms with Crippen molar-refractivity contribution >= 4 is 85.6 Å². The number of aromatic nitrogens is 4. The van der Waals surface area contributed by atoms with E-state index in [4.69, 9.17) is 24.5 Å². The van der Waals surface area contributed by atoms with Crippen molar-refractivity contribution in [3.8, 4) is 23.4 Å². The predicted octanol–water partition coefficient (Wildman–Crippen LogP) is 12.8. The molecule has 1 aliphatic carbocycles. The number of fused-ring (bicyclic) bond motifs is 9. The lowest BCUT2D eigenvalue weighted by atomic mass is 9.35. The highest BCUT2D eigenvalue weighted by molar-refractivity contribution is 8.17. The third kappa shape index (κ3) is 5.68. The van der Waals surface area contributed by atoms with E-state index < -0.39 is 10.9 Å². The Labute approximate surface area is 398 Å². The number of thiol groups is 1. The summed E-state index contributed by atoms with van der Waals surface area (Å²) in [6, 6.07) is 60.6. The van der Waals surface area contributed by atoms with Crippen molar-refractivity contribution < 1.29 is 9.47 Å². The van der Waals surface area contributed by atoms with Crippen molar-refractivity contribution in [2.24, 2.45) is 0 Å². The molecule has 14 rings (SSSR count). The van der Waals surface area contributed by atoms with Gasteiger partial charge < -0.3 is 9.47 Å². The average Bonchev–Trinajstić information content (AvgIpc) is 3.78. The molecule has 9 nitrogen and oxygen atoms in total. The van der Waals surface area contributed by atoms with Gasteiger partial charge in [0, 0.05) is 44.1 Å². The van der Waals surface area contributed by atoms with E-state index in [1.54, 1.807) is 0 Å². The lowest BCUT2D eigenvalue weighted by Gasteiger charge is -2.46. The fourth-order valence-corrected chi connectivity index (χ4v) is 14.1. The lowest BCUT2D eigenvalue weighted by molar-refractivity contribution is 0.332. The van der Waals surface area contributed by atoms with Gasteiger partial charge in [-0.1, -0.05) is 119 Å². The Balaban J connectivity index is 1.06. The van der Waals surface area contributed by atoms with E-state index in [9.17, 15) is 0 Å². The molecule has 1 N–H and O–H groups in total. The molecule has 7 aromatic carbocycles. The Kier molecular flexibility index (Phi) is 8.33. The highest BCUT2D eigenvalue weighted by Crippen LogP contribution is 2.71. The molecule has 1 unspecified atom stereocenters. The standard InChI is InChI=1S/C57H46BN7O2S/c1-56(2)30-31-57(3,4)40-32-37(28-29-39(40)56)65-45-34-46-42(58-41-24-14-15-25-43(41)63(35-18-8-5-9-19-35)51-49(58)54(67-46)62-61-51)33-48(45)68-47-27-17-16-26-44(47)64(36-20-10-6-11-21-36)52-50(68)53(65)60-55(59-52)66-38-22-12-7-13-23-38/h5-29,32-34,68H,30-31H2,1-4H3,(H,61,62). The van der Waals surface area contributed by atoms with Gasteiger partial charge in [0.15, 0.2) is 17.5 Å². The van der Waals surface area contributed by atoms with Gasteiger partial charge in [0.2, 0.25) is 5.88 Å². The van der Waals surface area contributed by atoms with Crippen LogP contribution in [0, 0.1) is 0 Å². The van der Waals surface area contributed by atoms with Crippen LogP contribution in [0.4, 0.5) is 51.6 Å². The van der Waals surface area contributed by atoms with Crippen LogP contribution in [0.1, 0.15) is 51.7 Å². The van der Waals surface area contributed by atoms with Crippen molar-refractivity contribution in [3.63, 3.8) is 0 Å². The second-order valence-corrected chi connectivity index (χ2v) is 21.8. The highest BCUT2D eigenvalue weighted by atomic mass is 32.2. The molecule has 0 fully saturated rings. The summed E-state index contributed by atoms with van der Waals surface area (Å²) in [4.78, 5) is 21.4. The minimum Gasteiger partial charge on any atom is -0.440 e. The first-order valence-electron chi connectivity index (χ1n) is 23.4. The van der Waals surface area contributed by atoms with Gasteiger partial charge in [-0.2, -0.15) is 26.0 Å². The summed E-state index contributed by atoms with van der Waals surface area (Å²) in [6.07, 6.45) is 2.23. The van der Waals surface area contributed by atoms with Crippen LogP contribution in [0.25, 0.3) is 0 Å². The number of nitrogens with zero attached hydrogens (tertiary/aromatic N) is 6. The summed E-state index contributed by atoms with van der Waals surface area (Å²) in [5, 5.41) is 8.36. The molecule has 9 aromatic rings. The molecule has 1 atom stereocenters. The van der Waals surface area contributed by atoms with Crippen LogP contribution in [-0.4, -0.2) is 26.9 Å². The number of hydrogen-bond acceptors (Lipinski definition) is 8. The molecule has 11 heteroatoms. The summed E-state index contributed by atoms with van der Waals surface area (Å²) in [5.74, 6) is 4.56. The zero-order valence-corrected chi connectivity index (χ0v) is 39.0. The first-order chi connectivity index (χ1) is 33.2. The van der Waals surface area contributed by atoms with E-state index >= 15 is 0 Å². The third-order valence-electron chi connectivity index (χ3n) is 14.8. The maximum absolute atomic E-state index is 7.08. The van der Waals surface area contributed by atoms with E-state index in [-0.39, 0.29) is 23.6 Å². The molecule has 2 aromatic heterocycles. The van der Waals surface area contributed by atoms with Crippen molar-refractivity contribution in [2.45, 2.75) is 66.1 Å². The highest BCUT2D eigenvalue weighted by Gasteiger charge is 2.48. The monoisotopic (exact) mass is 903 g/mol. The Morgan fingerprint density at radius 3 is 1.88 bits per heavy atom. The van der Waals surface area contributed by atoms with Gasteiger partial charge in [0.25, 0.3) is 6.71 Å². The normalized spacial score (nSPS) is 17.6. The number of para-hydroxylation sites is 5. The zero-order valence-electron chi connectivity index (χ0n) is 38.1. The number of rotatable bonds is 5. The molecule has 0 bridgehead atoms. The second kappa shape index (κ2) is 14.4. The summed E-state index contributed by atoms with van der Waals surface area (Å²) in [7, 11) is -1.25. The van der Waals surface area contributed by atoms with Gasteiger partial charge in [-0.05, 0) is 119 Å². The smallest absolute Gasteiger partial charge is 0.326 e. The second-order valence-electron chi connectivity index (χ2n) is 19.7. The van der Waals surface area contributed by atoms with Crippen LogP contribution in [0.5, 0.6) is 23.4 Å². The van der Waals surface area contributed by atoms with Crippen molar-refractivity contribution in [1.82, 2.24) is 20.2 Å². The molecule has 0 radical (unpaired) electrons. The number of benzene rings is 7. The molecule has 5 aliphatic rings. The fraction of sp³-hybridized carbons (Fsp3) is 0.140. The molecule has 0 saturated carbocycles. The first kappa shape index (κ1) is 39.4. The molecular formula is C57H46BN7O2S. The maximum Gasteiger partial charge on any atom is 0.326 e. The molecule has 6 heterocycles. The van der Waals surface area contributed by atoms with Crippen LogP contribution in [-0.2, 0) is 10.8 Å². The quantitative estimate of drug-likeness (QED) is 0.131. The maximum atomic E-state index is 7.08. The van der Waals surface area contributed by atoms with E-state index in [1.165, 1.54) is 26.4 Å². The van der Waals surface area contributed by atoms with Gasteiger partial charge in [0.1, 0.15) is 11.5 Å². The number of aromatic amines is 1. The van der Waals surface area contributed by atoms with Crippen LogP contribution < -0.4 is 40.6 Å². The number of H-pyrrole nitrogens is 1. The minimum absolute atomic E-state index is 0.0302. The largest absolute Gasteiger partial charge is 0.440 e.